The molecule has 0 radical (unpaired) electrons. The van der Waals surface area contributed by atoms with Crippen LogP contribution in [0.3, 0.4) is 0 Å². The molecule has 2 rings (SSSR count). The summed E-state index contributed by atoms with van der Waals surface area (Å²) in [5.41, 5.74) is 0.883. The minimum Gasteiger partial charge on any atom is -0.468 e. The molecule has 0 saturated carbocycles. The minimum absolute atomic E-state index is 0.148. The van der Waals surface area contributed by atoms with Gasteiger partial charge in [0.15, 0.2) is 5.13 Å². The van der Waals surface area contributed by atoms with Crippen LogP contribution in [0.4, 0.5) is 5.13 Å². The molecule has 0 aliphatic carbocycles. The van der Waals surface area contributed by atoms with Gasteiger partial charge < -0.3 is 10.1 Å². The summed E-state index contributed by atoms with van der Waals surface area (Å²) in [5.74, 6) is -0.416. The summed E-state index contributed by atoms with van der Waals surface area (Å²) in [5, 5.41) is 5.21. The third kappa shape index (κ3) is 3.51. The third-order valence-electron chi connectivity index (χ3n) is 3.05. The highest BCUT2D eigenvalue weighted by atomic mass is 32.1. The molecule has 1 atom stereocenters. The van der Waals surface area contributed by atoms with Crippen LogP contribution in [0.15, 0.2) is 5.38 Å². The topological polar surface area (TPSA) is 71.5 Å². The van der Waals surface area contributed by atoms with E-state index in [9.17, 15) is 9.59 Å². The number of nitrogens with zero attached hydrogens (tertiary/aromatic N) is 2. The Morgan fingerprint density at radius 3 is 3.05 bits per heavy atom. The molecule has 1 N–H and O–H groups in total. The first kappa shape index (κ1) is 14.0. The van der Waals surface area contributed by atoms with Gasteiger partial charge in [-0.05, 0) is 26.3 Å². The number of esters is 1. The fraction of sp³-hybridized carbons (Fsp3) is 0.583. The summed E-state index contributed by atoms with van der Waals surface area (Å²) in [6, 6.07) is -0.297. The van der Waals surface area contributed by atoms with Crippen LogP contribution in [-0.4, -0.2) is 48.0 Å². The van der Waals surface area contributed by atoms with Gasteiger partial charge in [-0.25, -0.2) is 4.98 Å². The second kappa shape index (κ2) is 6.12. The first-order valence-electron chi connectivity index (χ1n) is 6.14. The Balaban J connectivity index is 1.89. The number of ether oxygens (including phenoxy) is 1. The van der Waals surface area contributed by atoms with Crippen molar-refractivity contribution in [3.8, 4) is 0 Å². The van der Waals surface area contributed by atoms with Gasteiger partial charge in [-0.1, -0.05) is 0 Å². The molecule has 1 amide bonds. The number of methoxy groups -OCH3 is 1. The normalized spacial score (nSPS) is 19.4. The van der Waals surface area contributed by atoms with Crippen molar-refractivity contribution in [2.24, 2.45) is 0 Å². The Hall–Kier alpha value is -1.47. The molecular formula is C12H17N3O3S. The number of rotatable bonds is 4. The van der Waals surface area contributed by atoms with Crippen molar-refractivity contribution in [1.82, 2.24) is 9.88 Å². The molecule has 1 saturated heterocycles. The van der Waals surface area contributed by atoms with Gasteiger partial charge >= 0.3 is 5.97 Å². The molecule has 19 heavy (non-hydrogen) atoms. The van der Waals surface area contributed by atoms with Crippen LogP contribution in [0, 0.1) is 6.92 Å². The number of amides is 1. The second-order valence-corrected chi connectivity index (χ2v) is 5.35. The Morgan fingerprint density at radius 2 is 2.42 bits per heavy atom. The number of nitrogens with one attached hydrogen (secondary N) is 1. The lowest BCUT2D eigenvalue weighted by Gasteiger charge is -2.21. The van der Waals surface area contributed by atoms with Crippen LogP contribution >= 0.6 is 11.3 Å². The van der Waals surface area contributed by atoms with Crippen LogP contribution in [-0.2, 0) is 14.3 Å². The van der Waals surface area contributed by atoms with Gasteiger partial charge in [-0.2, -0.15) is 0 Å². The minimum atomic E-state index is -0.297. The van der Waals surface area contributed by atoms with E-state index >= 15 is 0 Å². The molecule has 0 spiro atoms. The molecule has 2 heterocycles. The van der Waals surface area contributed by atoms with E-state index in [1.165, 1.54) is 18.4 Å². The number of hydrogen-bond donors (Lipinski definition) is 1. The van der Waals surface area contributed by atoms with E-state index in [2.05, 4.69) is 10.3 Å². The maximum Gasteiger partial charge on any atom is 0.323 e. The lowest BCUT2D eigenvalue weighted by Crippen LogP contribution is -2.41. The van der Waals surface area contributed by atoms with Crippen molar-refractivity contribution in [2.45, 2.75) is 25.8 Å². The van der Waals surface area contributed by atoms with Crippen LogP contribution in [0.1, 0.15) is 18.5 Å². The van der Waals surface area contributed by atoms with Crippen molar-refractivity contribution in [1.29, 1.82) is 0 Å². The van der Waals surface area contributed by atoms with E-state index in [0.29, 0.717) is 5.13 Å². The average Bonchev–Trinajstić information content (AvgIpc) is 2.97. The van der Waals surface area contributed by atoms with E-state index in [1.807, 2.05) is 17.2 Å². The van der Waals surface area contributed by atoms with Crippen molar-refractivity contribution in [3.63, 3.8) is 0 Å². The van der Waals surface area contributed by atoms with Gasteiger partial charge in [0.05, 0.1) is 19.3 Å². The van der Waals surface area contributed by atoms with Crippen LogP contribution < -0.4 is 5.32 Å². The zero-order chi connectivity index (χ0) is 13.8. The summed E-state index contributed by atoms with van der Waals surface area (Å²) in [4.78, 5) is 29.5. The summed E-state index contributed by atoms with van der Waals surface area (Å²) in [6.07, 6.45) is 1.65. The number of carbonyl (C=O) groups excluding carboxylic acids is 2. The highest BCUT2D eigenvalue weighted by molar-refractivity contribution is 7.13. The van der Waals surface area contributed by atoms with E-state index in [4.69, 9.17) is 4.74 Å². The Labute approximate surface area is 115 Å². The lowest BCUT2D eigenvalue weighted by atomic mass is 10.2. The van der Waals surface area contributed by atoms with Gasteiger partial charge in [0.1, 0.15) is 6.04 Å². The predicted molar refractivity (Wildman–Crippen MR) is 72.1 cm³/mol. The van der Waals surface area contributed by atoms with Crippen LogP contribution in [0.25, 0.3) is 0 Å². The summed E-state index contributed by atoms with van der Waals surface area (Å²) in [7, 11) is 1.37. The van der Waals surface area contributed by atoms with Gasteiger partial charge in [0.2, 0.25) is 5.91 Å². The smallest absolute Gasteiger partial charge is 0.323 e. The molecule has 0 aromatic carbocycles. The second-order valence-electron chi connectivity index (χ2n) is 4.49. The molecule has 6 nitrogen and oxygen atoms in total. The number of aryl methyl sites for hydroxylation is 1. The SMILES string of the molecule is COC(=O)C1CCCN1CC(=O)Nc1nc(C)cs1. The van der Waals surface area contributed by atoms with Gasteiger partial charge in [-0.3, -0.25) is 14.5 Å². The molecule has 104 valence electrons. The van der Waals surface area contributed by atoms with E-state index in [1.54, 1.807) is 0 Å². The zero-order valence-electron chi connectivity index (χ0n) is 11.0. The van der Waals surface area contributed by atoms with Crippen molar-refractivity contribution in [3.05, 3.63) is 11.1 Å². The van der Waals surface area contributed by atoms with E-state index in [-0.39, 0.29) is 24.5 Å². The average molecular weight is 283 g/mol. The Morgan fingerprint density at radius 1 is 1.63 bits per heavy atom. The molecule has 1 aliphatic rings. The molecular weight excluding hydrogens is 266 g/mol. The summed E-state index contributed by atoms with van der Waals surface area (Å²) < 4.78 is 4.74. The van der Waals surface area contributed by atoms with E-state index in [0.717, 1.165) is 25.1 Å². The number of likely N-dealkylation sites (tertiary alicyclic amines) is 1. The van der Waals surface area contributed by atoms with Crippen molar-refractivity contribution >= 4 is 28.3 Å². The number of carbonyl (C=O) groups is 2. The fourth-order valence-electron chi connectivity index (χ4n) is 2.17. The van der Waals surface area contributed by atoms with Gasteiger partial charge in [0.25, 0.3) is 0 Å². The number of anilines is 1. The lowest BCUT2D eigenvalue weighted by molar-refractivity contribution is -0.146. The van der Waals surface area contributed by atoms with Gasteiger partial charge in [0, 0.05) is 5.38 Å². The third-order valence-corrected chi connectivity index (χ3v) is 3.92. The molecule has 0 bridgehead atoms. The van der Waals surface area contributed by atoms with Crippen molar-refractivity contribution < 1.29 is 14.3 Å². The first-order valence-corrected chi connectivity index (χ1v) is 7.02. The maximum atomic E-state index is 11.9. The number of aromatic nitrogens is 1. The van der Waals surface area contributed by atoms with E-state index < -0.39 is 0 Å². The monoisotopic (exact) mass is 283 g/mol. The zero-order valence-corrected chi connectivity index (χ0v) is 11.8. The number of hydrogen-bond acceptors (Lipinski definition) is 6. The summed E-state index contributed by atoms with van der Waals surface area (Å²) in [6.45, 7) is 2.81. The molecule has 1 aromatic heterocycles. The molecule has 1 aliphatic heterocycles. The van der Waals surface area contributed by atoms with Gasteiger partial charge in [-0.15, -0.1) is 11.3 Å². The fourth-order valence-corrected chi connectivity index (χ4v) is 2.88. The maximum absolute atomic E-state index is 11.9. The number of thiazole rings is 1. The molecule has 1 aromatic rings. The van der Waals surface area contributed by atoms with Crippen LogP contribution in [0.2, 0.25) is 0 Å². The summed E-state index contributed by atoms with van der Waals surface area (Å²) >= 11 is 1.39. The highest BCUT2D eigenvalue weighted by Gasteiger charge is 2.32. The highest BCUT2D eigenvalue weighted by Crippen LogP contribution is 2.19. The predicted octanol–water partition coefficient (Wildman–Crippen LogP) is 1.03. The Kier molecular flexibility index (Phi) is 4.49. The molecule has 1 fully saturated rings. The Bertz CT molecular complexity index is 475. The quantitative estimate of drug-likeness (QED) is 0.836. The standard InChI is InChI=1S/C12H17N3O3S/c1-8-7-19-12(13-8)14-10(16)6-15-5-3-4-9(15)11(17)18-2/h7,9H,3-6H2,1-2H3,(H,13,14,16). The molecule has 1 unspecified atom stereocenters. The van der Waals surface area contributed by atoms with Crippen molar-refractivity contribution in [2.75, 3.05) is 25.5 Å². The largest absolute Gasteiger partial charge is 0.468 e. The molecule has 7 heteroatoms. The van der Waals surface area contributed by atoms with Crippen LogP contribution in [0.5, 0.6) is 0 Å². The first-order chi connectivity index (χ1) is 9.10.